The molecule has 0 aliphatic carbocycles. The van der Waals surface area contributed by atoms with Crippen molar-refractivity contribution in [2.24, 2.45) is 10.2 Å². The fourth-order valence-electron chi connectivity index (χ4n) is 2.10. The number of azo groups is 1. The van der Waals surface area contributed by atoms with E-state index in [2.05, 4.69) is 10.2 Å². The van der Waals surface area contributed by atoms with Crippen LogP contribution in [0.3, 0.4) is 0 Å². The van der Waals surface area contributed by atoms with Crippen LogP contribution in [0.25, 0.3) is 0 Å². The molecule has 8 heteroatoms. The van der Waals surface area contributed by atoms with Gasteiger partial charge in [-0.05, 0) is 42.8 Å². The maximum atomic E-state index is 10.6. The van der Waals surface area contributed by atoms with Crippen molar-refractivity contribution in [2.45, 2.75) is 6.92 Å². The van der Waals surface area contributed by atoms with E-state index in [1.165, 1.54) is 24.3 Å². The first-order valence-electron chi connectivity index (χ1n) is 7.28. The third-order valence-electron chi connectivity index (χ3n) is 3.42. The number of aliphatic hydroxyl groups excluding tert-OH is 2. The fraction of sp³-hybridized carbons (Fsp3) is 0.250. The SMILES string of the molecule is Cc1cc(N(CO)CCO)ccc1/N=N/c1ccc([N+](=O)[O-])cc1. The molecule has 0 amide bonds. The van der Waals surface area contributed by atoms with Crippen LogP contribution in [0.15, 0.2) is 52.7 Å². The second kappa shape index (κ2) is 8.14. The number of nitro groups is 1. The minimum Gasteiger partial charge on any atom is -0.395 e. The van der Waals surface area contributed by atoms with Gasteiger partial charge >= 0.3 is 0 Å². The van der Waals surface area contributed by atoms with Crippen molar-refractivity contribution in [1.82, 2.24) is 0 Å². The number of nitrogens with zero attached hydrogens (tertiary/aromatic N) is 4. The number of hydrogen-bond donors (Lipinski definition) is 2. The number of benzene rings is 2. The van der Waals surface area contributed by atoms with Gasteiger partial charge in [0.1, 0.15) is 6.73 Å². The molecule has 0 radical (unpaired) electrons. The lowest BCUT2D eigenvalue weighted by Gasteiger charge is -2.21. The summed E-state index contributed by atoms with van der Waals surface area (Å²) in [5.74, 6) is 0. The highest BCUT2D eigenvalue weighted by Gasteiger charge is 2.07. The van der Waals surface area contributed by atoms with Gasteiger partial charge in [-0.25, -0.2) is 0 Å². The summed E-state index contributed by atoms with van der Waals surface area (Å²) in [5.41, 5.74) is 2.80. The summed E-state index contributed by atoms with van der Waals surface area (Å²) < 4.78 is 0. The van der Waals surface area contributed by atoms with Crippen LogP contribution >= 0.6 is 0 Å². The largest absolute Gasteiger partial charge is 0.395 e. The normalized spacial score (nSPS) is 11.0. The first kappa shape index (κ1) is 17.5. The molecule has 0 aromatic heterocycles. The number of aryl methyl sites for hydroxylation is 1. The summed E-state index contributed by atoms with van der Waals surface area (Å²) in [6.45, 7) is 1.95. The fourth-order valence-corrected chi connectivity index (χ4v) is 2.10. The molecule has 0 saturated carbocycles. The van der Waals surface area contributed by atoms with Gasteiger partial charge in [-0.1, -0.05) is 0 Å². The third kappa shape index (κ3) is 4.34. The highest BCUT2D eigenvalue weighted by molar-refractivity contribution is 5.57. The molecule has 0 saturated heterocycles. The molecule has 0 aliphatic rings. The summed E-state index contributed by atoms with van der Waals surface area (Å²) in [6, 6.07) is 11.2. The summed E-state index contributed by atoms with van der Waals surface area (Å²) in [7, 11) is 0. The van der Waals surface area contributed by atoms with E-state index in [4.69, 9.17) is 5.11 Å². The Hall–Kier alpha value is -2.84. The Morgan fingerprint density at radius 1 is 1.12 bits per heavy atom. The van der Waals surface area contributed by atoms with Gasteiger partial charge in [-0.15, -0.1) is 0 Å². The molecule has 8 nitrogen and oxygen atoms in total. The van der Waals surface area contributed by atoms with Crippen molar-refractivity contribution in [3.8, 4) is 0 Å². The number of nitro benzene ring substituents is 1. The molecule has 0 fully saturated rings. The van der Waals surface area contributed by atoms with Gasteiger partial charge < -0.3 is 15.1 Å². The summed E-state index contributed by atoms with van der Waals surface area (Å²) in [6.07, 6.45) is 0. The molecule has 24 heavy (non-hydrogen) atoms. The molecule has 0 unspecified atom stereocenters. The smallest absolute Gasteiger partial charge is 0.269 e. The maximum Gasteiger partial charge on any atom is 0.269 e. The van der Waals surface area contributed by atoms with Crippen LogP contribution in [0.5, 0.6) is 0 Å². The van der Waals surface area contributed by atoms with Crippen LogP contribution in [-0.2, 0) is 0 Å². The predicted octanol–water partition coefficient (Wildman–Crippen LogP) is 3.07. The van der Waals surface area contributed by atoms with Gasteiger partial charge in [0.2, 0.25) is 0 Å². The molecule has 2 aromatic carbocycles. The van der Waals surface area contributed by atoms with Crippen LogP contribution in [0.4, 0.5) is 22.7 Å². The average Bonchev–Trinajstić information content (AvgIpc) is 2.59. The monoisotopic (exact) mass is 330 g/mol. The standard InChI is InChI=1S/C16H18N4O4/c1-12-10-15(19(11-22)8-9-21)6-7-16(12)18-17-13-2-4-14(5-3-13)20(23)24/h2-7,10,21-22H,8-9,11H2,1H3/b18-17+. The van der Waals surface area contributed by atoms with Crippen LogP contribution in [-0.4, -0.2) is 35.0 Å². The number of aliphatic hydroxyl groups is 2. The van der Waals surface area contributed by atoms with E-state index in [1.54, 1.807) is 17.0 Å². The minimum absolute atomic E-state index is 0.00228. The second-order valence-corrected chi connectivity index (χ2v) is 5.07. The first-order chi connectivity index (χ1) is 11.5. The molecule has 126 valence electrons. The molecule has 2 N–H and O–H groups in total. The van der Waals surface area contributed by atoms with E-state index in [-0.39, 0.29) is 19.0 Å². The van der Waals surface area contributed by atoms with Gasteiger partial charge in [-0.2, -0.15) is 10.2 Å². The molecular formula is C16H18N4O4. The molecule has 0 atom stereocenters. The number of non-ortho nitro benzene ring substituents is 1. The lowest BCUT2D eigenvalue weighted by atomic mass is 10.1. The molecular weight excluding hydrogens is 312 g/mol. The number of hydrogen-bond acceptors (Lipinski definition) is 7. The Bertz CT molecular complexity index is 731. The van der Waals surface area contributed by atoms with Crippen molar-refractivity contribution >= 4 is 22.7 Å². The van der Waals surface area contributed by atoms with Crippen LogP contribution < -0.4 is 4.90 Å². The average molecular weight is 330 g/mol. The Balaban J connectivity index is 2.16. The van der Waals surface area contributed by atoms with E-state index in [0.29, 0.717) is 17.9 Å². The minimum atomic E-state index is -0.469. The van der Waals surface area contributed by atoms with Gasteiger partial charge in [-0.3, -0.25) is 10.1 Å². The lowest BCUT2D eigenvalue weighted by molar-refractivity contribution is -0.384. The number of anilines is 1. The topological polar surface area (TPSA) is 112 Å². The Morgan fingerprint density at radius 2 is 1.83 bits per heavy atom. The van der Waals surface area contributed by atoms with Crippen LogP contribution in [0.1, 0.15) is 5.56 Å². The predicted molar refractivity (Wildman–Crippen MR) is 90.0 cm³/mol. The Labute approximate surface area is 138 Å². The van der Waals surface area contributed by atoms with Crippen molar-refractivity contribution in [3.05, 3.63) is 58.1 Å². The Morgan fingerprint density at radius 3 is 2.38 bits per heavy atom. The van der Waals surface area contributed by atoms with Crippen molar-refractivity contribution in [1.29, 1.82) is 0 Å². The molecule has 0 bridgehead atoms. The highest BCUT2D eigenvalue weighted by atomic mass is 16.6. The zero-order valence-electron chi connectivity index (χ0n) is 13.2. The number of rotatable bonds is 7. The summed E-state index contributed by atoms with van der Waals surface area (Å²) >= 11 is 0. The maximum absolute atomic E-state index is 10.6. The summed E-state index contributed by atoms with van der Waals surface area (Å²) in [5, 5.41) is 37.1. The van der Waals surface area contributed by atoms with Crippen molar-refractivity contribution < 1.29 is 15.1 Å². The second-order valence-electron chi connectivity index (χ2n) is 5.07. The van der Waals surface area contributed by atoms with E-state index in [9.17, 15) is 15.2 Å². The van der Waals surface area contributed by atoms with Gasteiger partial charge in [0.25, 0.3) is 5.69 Å². The third-order valence-corrected chi connectivity index (χ3v) is 3.42. The molecule has 0 heterocycles. The van der Waals surface area contributed by atoms with Crippen LogP contribution in [0, 0.1) is 17.0 Å². The van der Waals surface area contributed by atoms with Crippen molar-refractivity contribution in [2.75, 3.05) is 24.8 Å². The first-order valence-corrected chi connectivity index (χ1v) is 7.28. The molecule has 2 rings (SSSR count). The van der Waals surface area contributed by atoms with E-state index in [0.717, 1.165) is 11.3 Å². The zero-order chi connectivity index (χ0) is 17.5. The van der Waals surface area contributed by atoms with E-state index in [1.807, 2.05) is 13.0 Å². The van der Waals surface area contributed by atoms with Gasteiger partial charge in [0.05, 0.1) is 22.9 Å². The van der Waals surface area contributed by atoms with E-state index < -0.39 is 4.92 Å². The quantitative estimate of drug-likeness (QED) is 0.351. The van der Waals surface area contributed by atoms with E-state index >= 15 is 0 Å². The Kier molecular flexibility index (Phi) is 5.94. The van der Waals surface area contributed by atoms with Gasteiger partial charge in [0.15, 0.2) is 0 Å². The van der Waals surface area contributed by atoms with Gasteiger partial charge in [0, 0.05) is 24.4 Å². The molecule has 2 aromatic rings. The molecule has 0 aliphatic heterocycles. The molecule has 0 spiro atoms. The zero-order valence-corrected chi connectivity index (χ0v) is 13.2. The lowest BCUT2D eigenvalue weighted by Crippen LogP contribution is -2.27. The highest BCUT2D eigenvalue weighted by Crippen LogP contribution is 2.27. The summed E-state index contributed by atoms with van der Waals surface area (Å²) in [4.78, 5) is 11.8. The van der Waals surface area contributed by atoms with Crippen molar-refractivity contribution in [3.63, 3.8) is 0 Å². The van der Waals surface area contributed by atoms with Crippen LogP contribution in [0.2, 0.25) is 0 Å².